The molecule has 2 unspecified atom stereocenters. The highest BCUT2D eigenvalue weighted by atomic mass is 15.2. The van der Waals surface area contributed by atoms with Crippen LogP contribution in [0.2, 0.25) is 0 Å². The maximum Gasteiger partial charge on any atom is 0.0638 e. The van der Waals surface area contributed by atoms with E-state index < -0.39 is 0 Å². The molecule has 1 heterocycles. The van der Waals surface area contributed by atoms with E-state index in [0.717, 1.165) is 13.1 Å². The summed E-state index contributed by atoms with van der Waals surface area (Å²) in [4.78, 5) is 2.51. The average Bonchev–Trinajstić information content (AvgIpc) is 2.28. The first-order valence-corrected chi connectivity index (χ1v) is 5.82. The van der Waals surface area contributed by atoms with Crippen LogP contribution >= 0.6 is 0 Å². The Bertz CT molecular complexity index is 236. The summed E-state index contributed by atoms with van der Waals surface area (Å²) in [7, 11) is 0. The van der Waals surface area contributed by atoms with Gasteiger partial charge in [0, 0.05) is 24.2 Å². The van der Waals surface area contributed by atoms with Crippen molar-refractivity contribution in [2.24, 2.45) is 0 Å². The minimum Gasteiger partial charge on any atom is -0.312 e. The number of nitrogens with zero attached hydrogens (tertiary/aromatic N) is 2. The largest absolute Gasteiger partial charge is 0.312 e. The molecule has 0 aliphatic carbocycles. The molecule has 1 rings (SSSR count). The molecule has 0 bridgehead atoms. The Labute approximate surface area is 93.5 Å². The number of hydrogen-bond acceptors (Lipinski definition) is 3. The normalized spacial score (nSPS) is 29.5. The van der Waals surface area contributed by atoms with Crippen LogP contribution in [0.3, 0.4) is 0 Å². The predicted molar refractivity (Wildman–Crippen MR) is 62.6 cm³/mol. The maximum absolute atomic E-state index is 8.76. The fraction of sp³-hybridized carbons (Fsp3) is 0.917. The standard InChI is InChI=1S/C12H23N3/c1-10-6-8-14-11(5-7-13)9-15(10)12(2,3)4/h10-11,14H,5-6,8-9H2,1-4H3. The van der Waals surface area contributed by atoms with E-state index in [1.807, 2.05) is 0 Å². The van der Waals surface area contributed by atoms with Crippen molar-refractivity contribution in [1.29, 1.82) is 5.26 Å². The summed E-state index contributed by atoms with van der Waals surface area (Å²) in [6.45, 7) is 11.0. The lowest BCUT2D eigenvalue weighted by molar-refractivity contribution is 0.0889. The minimum atomic E-state index is 0.194. The average molecular weight is 209 g/mol. The Kier molecular flexibility index (Phi) is 4.12. The first-order valence-electron chi connectivity index (χ1n) is 5.82. The molecule has 1 fully saturated rings. The zero-order valence-corrected chi connectivity index (χ0v) is 10.4. The Balaban J connectivity index is 2.70. The van der Waals surface area contributed by atoms with Crippen molar-refractivity contribution in [1.82, 2.24) is 10.2 Å². The van der Waals surface area contributed by atoms with Crippen LogP contribution in [-0.4, -0.2) is 35.6 Å². The molecule has 0 aromatic rings. The molecule has 15 heavy (non-hydrogen) atoms. The molecule has 1 N–H and O–H groups in total. The monoisotopic (exact) mass is 209 g/mol. The SMILES string of the molecule is CC1CCNC(CC#N)CN1C(C)(C)C. The molecule has 3 nitrogen and oxygen atoms in total. The highest BCUT2D eigenvalue weighted by Gasteiger charge is 2.30. The van der Waals surface area contributed by atoms with E-state index in [4.69, 9.17) is 5.26 Å². The molecular weight excluding hydrogens is 186 g/mol. The van der Waals surface area contributed by atoms with Gasteiger partial charge in [-0.15, -0.1) is 0 Å². The Hall–Kier alpha value is -0.590. The fourth-order valence-corrected chi connectivity index (χ4v) is 2.32. The van der Waals surface area contributed by atoms with Crippen molar-refractivity contribution in [2.75, 3.05) is 13.1 Å². The number of rotatable bonds is 1. The third-order valence-electron chi connectivity index (χ3n) is 3.14. The van der Waals surface area contributed by atoms with Gasteiger partial charge in [-0.05, 0) is 40.7 Å². The van der Waals surface area contributed by atoms with E-state index in [9.17, 15) is 0 Å². The minimum absolute atomic E-state index is 0.194. The molecule has 1 saturated heterocycles. The van der Waals surface area contributed by atoms with Crippen LogP contribution in [0.4, 0.5) is 0 Å². The van der Waals surface area contributed by atoms with Gasteiger partial charge < -0.3 is 5.32 Å². The Morgan fingerprint density at radius 1 is 1.47 bits per heavy atom. The molecule has 0 radical (unpaired) electrons. The highest BCUT2D eigenvalue weighted by Crippen LogP contribution is 2.21. The summed E-state index contributed by atoms with van der Waals surface area (Å²) in [6, 6.07) is 3.19. The van der Waals surface area contributed by atoms with Gasteiger partial charge in [0.25, 0.3) is 0 Å². The van der Waals surface area contributed by atoms with Crippen LogP contribution in [0, 0.1) is 11.3 Å². The molecule has 0 aromatic heterocycles. The first-order chi connectivity index (χ1) is 6.95. The summed E-state index contributed by atoms with van der Waals surface area (Å²) in [5.41, 5.74) is 0.194. The van der Waals surface area contributed by atoms with E-state index in [1.54, 1.807) is 0 Å². The summed E-state index contributed by atoms with van der Waals surface area (Å²) < 4.78 is 0. The van der Waals surface area contributed by atoms with E-state index in [2.05, 4.69) is 44.0 Å². The fourth-order valence-electron chi connectivity index (χ4n) is 2.32. The van der Waals surface area contributed by atoms with Crippen LogP contribution in [0.25, 0.3) is 0 Å². The number of nitrogens with one attached hydrogen (secondary N) is 1. The third-order valence-corrected chi connectivity index (χ3v) is 3.14. The van der Waals surface area contributed by atoms with Crippen LogP contribution < -0.4 is 5.32 Å². The van der Waals surface area contributed by atoms with Gasteiger partial charge in [-0.25, -0.2) is 0 Å². The second kappa shape index (κ2) is 4.96. The Morgan fingerprint density at radius 3 is 2.67 bits per heavy atom. The van der Waals surface area contributed by atoms with Crippen molar-refractivity contribution in [3.05, 3.63) is 0 Å². The van der Waals surface area contributed by atoms with Crippen LogP contribution in [0.15, 0.2) is 0 Å². The van der Waals surface area contributed by atoms with Crippen molar-refractivity contribution >= 4 is 0 Å². The molecule has 86 valence electrons. The van der Waals surface area contributed by atoms with Crippen LogP contribution in [0.1, 0.15) is 40.5 Å². The first kappa shape index (κ1) is 12.5. The van der Waals surface area contributed by atoms with Crippen molar-refractivity contribution < 1.29 is 0 Å². The van der Waals surface area contributed by atoms with E-state index in [1.165, 1.54) is 6.42 Å². The molecule has 0 amide bonds. The lowest BCUT2D eigenvalue weighted by Crippen LogP contribution is -2.50. The van der Waals surface area contributed by atoms with Gasteiger partial charge in [0.15, 0.2) is 0 Å². The Morgan fingerprint density at radius 2 is 2.13 bits per heavy atom. The molecule has 1 aliphatic rings. The van der Waals surface area contributed by atoms with Gasteiger partial charge in [-0.2, -0.15) is 5.26 Å². The van der Waals surface area contributed by atoms with E-state index in [-0.39, 0.29) is 5.54 Å². The molecule has 1 aliphatic heterocycles. The van der Waals surface area contributed by atoms with Crippen LogP contribution in [-0.2, 0) is 0 Å². The van der Waals surface area contributed by atoms with Gasteiger partial charge in [0.2, 0.25) is 0 Å². The topological polar surface area (TPSA) is 39.1 Å². The second-order valence-corrected chi connectivity index (χ2v) is 5.47. The smallest absolute Gasteiger partial charge is 0.0638 e. The number of nitriles is 1. The van der Waals surface area contributed by atoms with Crippen molar-refractivity contribution in [3.8, 4) is 6.07 Å². The molecular formula is C12H23N3. The van der Waals surface area contributed by atoms with Gasteiger partial charge in [0.1, 0.15) is 0 Å². The third kappa shape index (κ3) is 3.48. The quantitative estimate of drug-likeness (QED) is 0.715. The summed E-state index contributed by atoms with van der Waals surface area (Å²) in [5, 5.41) is 12.2. The zero-order valence-electron chi connectivity index (χ0n) is 10.4. The van der Waals surface area contributed by atoms with Crippen molar-refractivity contribution in [2.45, 2.75) is 58.2 Å². The van der Waals surface area contributed by atoms with Gasteiger partial charge >= 0.3 is 0 Å². The molecule has 3 heteroatoms. The predicted octanol–water partition coefficient (Wildman–Crippen LogP) is 1.75. The molecule has 0 spiro atoms. The van der Waals surface area contributed by atoms with Crippen LogP contribution in [0.5, 0.6) is 0 Å². The second-order valence-electron chi connectivity index (χ2n) is 5.47. The maximum atomic E-state index is 8.76. The number of hydrogen-bond donors (Lipinski definition) is 1. The van der Waals surface area contributed by atoms with E-state index in [0.29, 0.717) is 18.5 Å². The zero-order chi connectivity index (χ0) is 11.5. The molecule has 0 aromatic carbocycles. The summed E-state index contributed by atoms with van der Waals surface area (Å²) in [5.74, 6) is 0. The summed E-state index contributed by atoms with van der Waals surface area (Å²) >= 11 is 0. The lowest BCUT2D eigenvalue weighted by atomic mass is 10.0. The van der Waals surface area contributed by atoms with E-state index >= 15 is 0 Å². The molecule has 2 atom stereocenters. The van der Waals surface area contributed by atoms with Crippen molar-refractivity contribution in [3.63, 3.8) is 0 Å². The summed E-state index contributed by atoms with van der Waals surface area (Å²) in [6.07, 6.45) is 1.78. The lowest BCUT2D eigenvalue weighted by Gasteiger charge is -2.40. The highest BCUT2D eigenvalue weighted by molar-refractivity contribution is 4.91. The van der Waals surface area contributed by atoms with Gasteiger partial charge in [0.05, 0.1) is 12.5 Å². The van der Waals surface area contributed by atoms with Gasteiger partial charge in [-0.3, -0.25) is 4.90 Å². The molecule has 0 saturated carbocycles. The van der Waals surface area contributed by atoms with Gasteiger partial charge in [-0.1, -0.05) is 0 Å².